The van der Waals surface area contributed by atoms with Crippen molar-refractivity contribution in [3.8, 4) is 11.1 Å². The summed E-state index contributed by atoms with van der Waals surface area (Å²) in [5, 5.41) is 0. The molecule has 0 aromatic heterocycles. The third-order valence-corrected chi connectivity index (χ3v) is 7.88. The van der Waals surface area contributed by atoms with Gasteiger partial charge in [-0.1, -0.05) is 133 Å². The van der Waals surface area contributed by atoms with Gasteiger partial charge in [0.05, 0.1) is 0 Å². The zero-order valence-electron chi connectivity index (χ0n) is 21.2. The Hall–Kier alpha value is -1.63. The average molecular weight is 451 g/mol. The molecule has 0 unspecified atom stereocenters. The summed E-state index contributed by atoms with van der Waals surface area (Å²) in [4.78, 5) is 0. The first-order chi connectivity index (χ1) is 16.3. The minimum Gasteiger partial charge on any atom is -0.206 e. The van der Waals surface area contributed by atoms with E-state index in [1.807, 2.05) is 12.1 Å². The van der Waals surface area contributed by atoms with Gasteiger partial charge in [0, 0.05) is 5.56 Å². The van der Waals surface area contributed by atoms with E-state index in [0.29, 0.717) is 11.5 Å². The highest BCUT2D eigenvalue weighted by Crippen LogP contribution is 2.38. The Kier molecular flexibility index (Phi) is 12.1. The number of unbranched alkanes of at least 4 members (excludes halogenated alkanes) is 11. The SMILES string of the molecule is CCCCCCCCCCCCCCC1CCC(c2ccc(-c3ccccc3F)cc2)CC1. The summed E-state index contributed by atoms with van der Waals surface area (Å²) in [7, 11) is 0. The van der Waals surface area contributed by atoms with E-state index in [2.05, 4.69) is 31.2 Å². The third-order valence-electron chi connectivity index (χ3n) is 7.88. The number of hydrogen-bond acceptors (Lipinski definition) is 0. The van der Waals surface area contributed by atoms with Gasteiger partial charge in [-0.3, -0.25) is 0 Å². The van der Waals surface area contributed by atoms with Crippen LogP contribution in [-0.2, 0) is 0 Å². The van der Waals surface area contributed by atoms with Gasteiger partial charge in [0.1, 0.15) is 5.82 Å². The van der Waals surface area contributed by atoms with Gasteiger partial charge in [0.15, 0.2) is 0 Å². The van der Waals surface area contributed by atoms with Gasteiger partial charge in [-0.15, -0.1) is 0 Å². The fourth-order valence-corrected chi connectivity index (χ4v) is 5.69. The molecule has 0 saturated heterocycles. The summed E-state index contributed by atoms with van der Waals surface area (Å²) in [6, 6.07) is 15.7. The molecule has 1 aliphatic carbocycles. The Morgan fingerprint density at radius 3 is 1.76 bits per heavy atom. The maximum atomic E-state index is 14.0. The van der Waals surface area contributed by atoms with Crippen LogP contribution in [-0.4, -0.2) is 0 Å². The molecule has 2 aromatic carbocycles. The molecule has 1 aliphatic rings. The van der Waals surface area contributed by atoms with E-state index in [1.165, 1.54) is 115 Å². The van der Waals surface area contributed by atoms with Crippen molar-refractivity contribution in [1.29, 1.82) is 0 Å². The molecule has 1 saturated carbocycles. The highest BCUT2D eigenvalue weighted by atomic mass is 19.1. The van der Waals surface area contributed by atoms with Gasteiger partial charge in [0.25, 0.3) is 0 Å². The molecule has 0 N–H and O–H groups in total. The van der Waals surface area contributed by atoms with Crippen molar-refractivity contribution in [2.24, 2.45) is 5.92 Å². The van der Waals surface area contributed by atoms with Crippen LogP contribution in [0.2, 0.25) is 0 Å². The fraction of sp³-hybridized carbons (Fsp3) is 0.625. The Bertz CT molecular complexity index is 754. The molecule has 33 heavy (non-hydrogen) atoms. The number of halogens is 1. The normalized spacial score (nSPS) is 18.5. The summed E-state index contributed by atoms with van der Waals surface area (Å²) in [5.41, 5.74) is 3.13. The van der Waals surface area contributed by atoms with Crippen molar-refractivity contribution in [3.63, 3.8) is 0 Å². The summed E-state index contributed by atoms with van der Waals surface area (Å²) in [6.45, 7) is 2.29. The second kappa shape index (κ2) is 15.3. The van der Waals surface area contributed by atoms with Crippen molar-refractivity contribution in [1.82, 2.24) is 0 Å². The van der Waals surface area contributed by atoms with Gasteiger partial charge in [-0.2, -0.15) is 0 Å². The topological polar surface area (TPSA) is 0 Å². The predicted molar refractivity (Wildman–Crippen MR) is 142 cm³/mol. The van der Waals surface area contributed by atoms with E-state index in [9.17, 15) is 4.39 Å². The number of hydrogen-bond donors (Lipinski definition) is 0. The first-order valence-electron chi connectivity index (χ1n) is 14.1. The van der Waals surface area contributed by atoms with Gasteiger partial charge >= 0.3 is 0 Å². The van der Waals surface area contributed by atoms with Crippen molar-refractivity contribution in [3.05, 3.63) is 59.9 Å². The van der Waals surface area contributed by atoms with E-state index >= 15 is 0 Å². The largest absolute Gasteiger partial charge is 0.206 e. The fourth-order valence-electron chi connectivity index (χ4n) is 5.69. The van der Waals surface area contributed by atoms with Crippen LogP contribution >= 0.6 is 0 Å². The summed E-state index contributed by atoms with van der Waals surface area (Å²) < 4.78 is 14.0. The molecular formula is C32H47F. The van der Waals surface area contributed by atoms with Gasteiger partial charge in [-0.25, -0.2) is 4.39 Å². The minimum atomic E-state index is -0.136. The van der Waals surface area contributed by atoms with Crippen LogP contribution in [0, 0.1) is 11.7 Å². The van der Waals surface area contributed by atoms with Gasteiger partial charge in [-0.05, 0) is 54.7 Å². The third kappa shape index (κ3) is 9.26. The Balaban J connectivity index is 1.23. The van der Waals surface area contributed by atoms with Crippen LogP contribution < -0.4 is 0 Å². The van der Waals surface area contributed by atoms with Crippen LogP contribution in [0.15, 0.2) is 48.5 Å². The first-order valence-corrected chi connectivity index (χ1v) is 14.1. The van der Waals surface area contributed by atoms with Crippen LogP contribution in [0.1, 0.15) is 128 Å². The lowest BCUT2D eigenvalue weighted by molar-refractivity contribution is 0.301. The number of benzene rings is 2. The Labute approximate surface area is 203 Å². The molecule has 1 fully saturated rings. The van der Waals surface area contributed by atoms with E-state index in [0.717, 1.165) is 11.5 Å². The number of rotatable bonds is 15. The minimum absolute atomic E-state index is 0.136. The Morgan fingerprint density at radius 2 is 1.18 bits per heavy atom. The molecule has 2 aromatic rings. The summed E-state index contributed by atoms with van der Waals surface area (Å²) in [6.07, 6.45) is 24.1. The summed E-state index contributed by atoms with van der Waals surface area (Å²) in [5.74, 6) is 1.50. The lowest BCUT2D eigenvalue weighted by Crippen LogP contribution is -2.13. The van der Waals surface area contributed by atoms with Crippen LogP contribution in [0.25, 0.3) is 11.1 Å². The van der Waals surface area contributed by atoms with Gasteiger partial charge < -0.3 is 0 Å². The molecular weight excluding hydrogens is 403 g/mol. The van der Waals surface area contributed by atoms with Crippen LogP contribution in [0.3, 0.4) is 0 Å². The maximum absolute atomic E-state index is 14.0. The highest BCUT2D eigenvalue weighted by Gasteiger charge is 2.22. The standard InChI is InChI=1S/C32H47F/c1-2-3-4-5-6-7-8-9-10-11-12-13-16-27-19-21-28(22-20-27)29-23-25-30(26-24-29)31-17-14-15-18-32(31)33/h14-15,17-18,23-28H,2-13,16,19-22H2,1H3. The quantitative estimate of drug-likeness (QED) is 0.237. The zero-order chi connectivity index (χ0) is 23.1. The second-order valence-electron chi connectivity index (χ2n) is 10.5. The van der Waals surface area contributed by atoms with E-state index in [-0.39, 0.29) is 5.82 Å². The zero-order valence-corrected chi connectivity index (χ0v) is 21.2. The lowest BCUT2D eigenvalue weighted by atomic mass is 9.77. The highest BCUT2D eigenvalue weighted by molar-refractivity contribution is 5.64. The van der Waals surface area contributed by atoms with E-state index < -0.39 is 0 Å². The summed E-state index contributed by atoms with van der Waals surface area (Å²) >= 11 is 0. The second-order valence-corrected chi connectivity index (χ2v) is 10.5. The van der Waals surface area contributed by atoms with Crippen molar-refractivity contribution in [2.45, 2.75) is 122 Å². The van der Waals surface area contributed by atoms with Crippen LogP contribution in [0.5, 0.6) is 0 Å². The maximum Gasteiger partial charge on any atom is 0.131 e. The van der Waals surface area contributed by atoms with Crippen molar-refractivity contribution < 1.29 is 4.39 Å². The lowest BCUT2D eigenvalue weighted by Gasteiger charge is -2.29. The molecule has 0 bridgehead atoms. The smallest absolute Gasteiger partial charge is 0.131 e. The van der Waals surface area contributed by atoms with E-state index in [4.69, 9.17) is 0 Å². The van der Waals surface area contributed by atoms with E-state index in [1.54, 1.807) is 12.1 Å². The molecule has 0 atom stereocenters. The molecule has 0 aliphatic heterocycles. The van der Waals surface area contributed by atoms with Crippen LogP contribution in [0.4, 0.5) is 4.39 Å². The molecule has 0 amide bonds. The molecule has 182 valence electrons. The van der Waals surface area contributed by atoms with Crippen molar-refractivity contribution >= 4 is 0 Å². The Morgan fingerprint density at radius 1 is 0.636 bits per heavy atom. The molecule has 0 nitrogen and oxygen atoms in total. The monoisotopic (exact) mass is 450 g/mol. The molecule has 0 heterocycles. The molecule has 0 spiro atoms. The first kappa shape index (κ1) is 26.0. The predicted octanol–water partition coefficient (Wildman–Crippen LogP) is 10.9. The average Bonchev–Trinajstić information content (AvgIpc) is 2.85. The van der Waals surface area contributed by atoms with Gasteiger partial charge in [0.2, 0.25) is 0 Å². The molecule has 0 radical (unpaired) electrons. The molecule has 1 heteroatoms. The molecule has 3 rings (SSSR count). The van der Waals surface area contributed by atoms with Crippen molar-refractivity contribution in [2.75, 3.05) is 0 Å².